The molecule has 19 heavy (non-hydrogen) atoms. The fourth-order valence-electron chi connectivity index (χ4n) is 1.59. The topological polar surface area (TPSA) is 124 Å². The minimum Gasteiger partial charge on any atom is -0.480 e. The average molecular weight is 312 g/mol. The number of carbonyl (C=O) groups excluding carboxylic acids is 1. The molecule has 1 saturated heterocycles. The number of carbonyl (C=O) groups is 2. The maximum absolute atomic E-state index is 11.9. The Kier molecular flexibility index (Phi) is 5.44. The molecule has 2 atom stereocenters. The first-order valence-electron chi connectivity index (χ1n) is 5.44. The van der Waals surface area contributed by atoms with Crippen LogP contribution < -0.4 is 5.32 Å². The van der Waals surface area contributed by atoms with Gasteiger partial charge < -0.3 is 20.4 Å². The number of rotatable bonds is 4. The normalized spacial score (nSPS) is 21.8. The number of sulfone groups is 1. The average Bonchev–Trinajstić information content (AvgIpc) is 2.34. The second-order valence-corrected chi connectivity index (χ2v) is 7.43. The number of aliphatic carboxylic acids is 1. The standard InChI is InChI=1S/C9H16N2O6S2/c1-19(16,17)7-5-18-3-2-11(7)9(15)10-6(4-12)8(13)14/h6-7,12H,2-5H2,1H3,(H,10,15)(H,13,14). The molecule has 2 amide bonds. The van der Waals surface area contributed by atoms with E-state index in [0.717, 1.165) is 11.2 Å². The second-order valence-electron chi connectivity index (χ2n) is 4.08. The van der Waals surface area contributed by atoms with Crippen molar-refractivity contribution in [3.8, 4) is 0 Å². The highest BCUT2D eigenvalue weighted by Crippen LogP contribution is 2.20. The smallest absolute Gasteiger partial charge is 0.328 e. The van der Waals surface area contributed by atoms with E-state index in [2.05, 4.69) is 5.32 Å². The molecule has 0 radical (unpaired) electrons. The van der Waals surface area contributed by atoms with Crippen molar-refractivity contribution in [3.63, 3.8) is 0 Å². The van der Waals surface area contributed by atoms with E-state index in [1.165, 1.54) is 11.8 Å². The SMILES string of the molecule is CS(=O)(=O)C1CSCCN1C(=O)NC(CO)C(=O)O. The summed E-state index contributed by atoms with van der Waals surface area (Å²) in [5.74, 6) is -0.544. The molecule has 10 heteroatoms. The van der Waals surface area contributed by atoms with Crippen LogP contribution in [0, 0.1) is 0 Å². The third-order valence-corrected chi connectivity index (χ3v) is 5.26. The van der Waals surface area contributed by atoms with Gasteiger partial charge in [-0.1, -0.05) is 0 Å². The largest absolute Gasteiger partial charge is 0.480 e. The molecular weight excluding hydrogens is 296 g/mol. The van der Waals surface area contributed by atoms with Gasteiger partial charge in [-0.3, -0.25) is 0 Å². The van der Waals surface area contributed by atoms with E-state index in [9.17, 15) is 18.0 Å². The number of urea groups is 1. The molecule has 110 valence electrons. The number of carboxylic acid groups (broad SMARTS) is 1. The van der Waals surface area contributed by atoms with Crippen molar-refractivity contribution in [1.29, 1.82) is 0 Å². The summed E-state index contributed by atoms with van der Waals surface area (Å²) >= 11 is 1.42. The van der Waals surface area contributed by atoms with E-state index in [4.69, 9.17) is 10.2 Å². The Balaban J connectivity index is 2.81. The van der Waals surface area contributed by atoms with Gasteiger partial charge in [-0.25, -0.2) is 18.0 Å². The molecule has 1 aliphatic rings. The minimum atomic E-state index is -3.45. The molecule has 3 N–H and O–H groups in total. The van der Waals surface area contributed by atoms with Gasteiger partial charge in [0.1, 0.15) is 5.37 Å². The van der Waals surface area contributed by atoms with Gasteiger partial charge in [0.15, 0.2) is 15.9 Å². The molecule has 0 aromatic rings. The number of aliphatic hydroxyl groups is 1. The zero-order chi connectivity index (χ0) is 14.6. The summed E-state index contributed by atoms with van der Waals surface area (Å²) in [7, 11) is -3.45. The van der Waals surface area contributed by atoms with Crippen LogP contribution in [0.2, 0.25) is 0 Å². The number of carboxylic acids is 1. The number of nitrogens with one attached hydrogen (secondary N) is 1. The lowest BCUT2D eigenvalue weighted by atomic mass is 10.3. The van der Waals surface area contributed by atoms with Crippen molar-refractivity contribution >= 4 is 33.6 Å². The summed E-state index contributed by atoms with van der Waals surface area (Å²) < 4.78 is 23.2. The molecule has 0 aromatic carbocycles. The highest BCUT2D eigenvalue weighted by molar-refractivity contribution is 8.00. The Labute approximate surface area is 115 Å². The van der Waals surface area contributed by atoms with Gasteiger partial charge in [0.2, 0.25) is 0 Å². The summed E-state index contributed by atoms with van der Waals surface area (Å²) in [4.78, 5) is 23.7. The number of thioether (sulfide) groups is 1. The predicted octanol–water partition coefficient (Wildman–Crippen LogP) is -1.44. The van der Waals surface area contributed by atoms with Crippen molar-refractivity contribution < 1.29 is 28.2 Å². The van der Waals surface area contributed by atoms with E-state index in [0.29, 0.717) is 5.75 Å². The first-order chi connectivity index (χ1) is 8.77. The molecule has 1 rings (SSSR count). The van der Waals surface area contributed by atoms with Gasteiger partial charge in [-0.05, 0) is 0 Å². The van der Waals surface area contributed by atoms with Crippen LogP contribution >= 0.6 is 11.8 Å². The highest BCUT2D eigenvalue weighted by atomic mass is 32.2. The van der Waals surface area contributed by atoms with Gasteiger partial charge in [0.05, 0.1) is 6.61 Å². The first kappa shape index (κ1) is 16.1. The first-order valence-corrected chi connectivity index (χ1v) is 8.55. The minimum absolute atomic E-state index is 0.214. The molecule has 1 aliphatic heterocycles. The Morgan fingerprint density at radius 2 is 2.16 bits per heavy atom. The molecule has 0 spiro atoms. The van der Waals surface area contributed by atoms with Crippen molar-refractivity contribution in [2.45, 2.75) is 11.4 Å². The Hall–Kier alpha value is -1.00. The highest BCUT2D eigenvalue weighted by Gasteiger charge is 2.35. The van der Waals surface area contributed by atoms with Crippen molar-refractivity contribution in [1.82, 2.24) is 10.2 Å². The predicted molar refractivity (Wildman–Crippen MR) is 69.7 cm³/mol. The fourth-order valence-corrected chi connectivity index (χ4v) is 4.40. The number of aliphatic hydroxyl groups excluding tert-OH is 1. The number of hydrogen-bond donors (Lipinski definition) is 3. The summed E-state index contributed by atoms with van der Waals surface area (Å²) in [5, 5.41) is 18.7. The van der Waals surface area contributed by atoms with E-state index in [1.807, 2.05) is 0 Å². The third kappa shape index (κ3) is 4.25. The quantitative estimate of drug-likeness (QED) is 0.581. The van der Waals surface area contributed by atoms with Crippen LogP contribution in [-0.2, 0) is 14.6 Å². The number of hydrogen-bond acceptors (Lipinski definition) is 6. The van der Waals surface area contributed by atoms with Gasteiger partial charge in [0.25, 0.3) is 0 Å². The maximum Gasteiger partial charge on any atom is 0.328 e. The van der Waals surface area contributed by atoms with E-state index >= 15 is 0 Å². The molecule has 0 aromatic heterocycles. The van der Waals surface area contributed by atoms with Gasteiger partial charge in [-0.2, -0.15) is 11.8 Å². The molecule has 0 bridgehead atoms. The summed E-state index contributed by atoms with van der Waals surface area (Å²) in [5.41, 5.74) is 0. The van der Waals surface area contributed by atoms with Crippen LogP contribution in [0.3, 0.4) is 0 Å². The molecule has 0 aliphatic carbocycles. The number of amides is 2. The Morgan fingerprint density at radius 1 is 1.53 bits per heavy atom. The lowest BCUT2D eigenvalue weighted by Crippen LogP contribution is -2.56. The third-order valence-electron chi connectivity index (χ3n) is 2.62. The number of nitrogens with zero attached hydrogens (tertiary/aromatic N) is 1. The zero-order valence-electron chi connectivity index (χ0n) is 10.3. The Morgan fingerprint density at radius 3 is 2.63 bits per heavy atom. The Bertz CT molecular complexity index is 452. The van der Waals surface area contributed by atoms with E-state index < -0.39 is 39.9 Å². The lowest BCUT2D eigenvalue weighted by molar-refractivity contribution is -0.140. The van der Waals surface area contributed by atoms with Crippen LogP contribution in [0.15, 0.2) is 0 Å². The van der Waals surface area contributed by atoms with Crippen molar-refractivity contribution in [2.75, 3.05) is 30.9 Å². The summed E-state index contributed by atoms with van der Waals surface area (Å²) in [6, 6.07) is -2.24. The van der Waals surface area contributed by atoms with Gasteiger partial charge in [0, 0.05) is 24.3 Å². The summed E-state index contributed by atoms with van der Waals surface area (Å²) in [6.45, 7) is -0.542. The molecule has 2 unspecified atom stereocenters. The molecule has 1 heterocycles. The molecule has 8 nitrogen and oxygen atoms in total. The molecule has 1 fully saturated rings. The lowest BCUT2D eigenvalue weighted by Gasteiger charge is -2.34. The summed E-state index contributed by atoms with van der Waals surface area (Å²) in [6.07, 6.45) is 1.03. The fraction of sp³-hybridized carbons (Fsp3) is 0.778. The van der Waals surface area contributed by atoms with Crippen molar-refractivity contribution in [2.24, 2.45) is 0 Å². The van der Waals surface area contributed by atoms with Gasteiger partial charge in [-0.15, -0.1) is 0 Å². The maximum atomic E-state index is 11.9. The monoisotopic (exact) mass is 312 g/mol. The molecular formula is C9H16N2O6S2. The van der Waals surface area contributed by atoms with E-state index in [1.54, 1.807) is 0 Å². The van der Waals surface area contributed by atoms with Crippen LogP contribution in [0.4, 0.5) is 4.79 Å². The van der Waals surface area contributed by atoms with Crippen LogP contribution in [0.1, 0.15) is 0 Å². The van der Waals surface area contributed by atoms with Gasteiger partial charge >= 0.3 is 12.0 Å². The van der Waals surface area contributed by atoms with Crippen LogP contribution in [0.5, 0.6) is 0 Å². The zero-order valence-corrected chi connectivity index (χ0v) is 11.9. The second kappa shape index (κ2) is 6.44. The van der Waals surface area contributed by atoms with E-state index in [-0.39, 0.29) is 12.3 Å². The van der Waals surface area contributed by atoms with Crippen LogP contribution in [-0.4, -0.2) is 77.9 Å². The molecule has 0 saturated carbocycles. The van der Waals surface area contributed by atoms with Crippen LogP contribution in [0.25, 0.3) is 0 Å². The van der Waals surface area contributed by atoms with Crippen molar-refractivity contribution in [3.05, 3.63) is 0 Å².